The Balaban J connectivity index is 2.15. The van der Waals surface area contributed by atoms with Gasteiger partial charge in [-0.25, -0.2) is 9.78 Å². The van der Waals surface area contributed by atoms with E-state index in [1.807, 2.05) is 30.3 Å². The smallest absolute Gasteiger partial charge is 0.339 e. The Morgan fingerprint density at radius 2 is 1.95 bits per heavy atom. The molecule has 2 aromatic heterocycles. The van der Waals surface area contributed by atoms with Crippen LogP contribution in [0, 0.1) is 0 Å². The normalized spacial score (nSPS) is 10.6. The van der Waals surface area contributed by atoms with Crippen LogP contribution in [0.4, 0.5) is 5.82 Å². The van der Waals surface area contributed by atoms with Crippen LogP contribution in [0.15, 0.2) is 48.8 Å². The van der Waals surface area contributed by atoms with Gasteiger partial charge in [0, 0.05) is 23.3 Å². The number of nitrogens with two attached hydrogens (primary N) is 1. The predicted molar refractivity (Wildman–Crippen MR) is 76.3 cm³/mol. The summed E-state index contributed by atoms with van der Waals surface area (Å²) >= 11 is 0. The van der Waals surface area contributed by atoms with E-state index in [1.165, 1.54) is 6.07 Å². The summed E-state index contributed by atoms with van der Waals surface area (Å²) in [4.78, 5) is 19.3. The highest BCUT2D eigenvalue weighted by atomic mass is 16.4. The maximum Gasteiger partial charge on any atom is 0.339 e. The molecular weight excluding hydrogens is 254 g/mol. The molecule has 98 valence electrons. The summed E-state index contributed by atoms with van der Waals surface area (Å²) in [6.45, 7) is 0. The van der Waals surface area contributed by atoms with Crippen molar-refractivity contribution in [3.63, 3.8) is 0 Å². The molecule has 3 N–H and O–H groups in total. The lowest BCUT2D eigenvalue weighted by atomic mass is 10.0. The molecule has 0 saturated carbocycles. The van der Waals surface area contributed by atoms with Crippen molar-refractivity contribution in [3.05, 3.63) is 54.4 Å². The van der Waals surface area contributed by atoms with Gasteiger partial charge >= 0.3 is 5.97 Å². The molecule has 0 bridgehead atoms. The molecule has 0 amide bonds. The average Bonchev–Trinajstić information content (AvgIpc) is 2.47. The molecule has 0 unspecified atom stereocenters. The molecule has 0 aliphatic heterocycles. The number of pyridine rings is 2. The van der Waals surface area contributed by atoms with Crippen LogP contribution in [0.1, 0.15) is 10.4 Å². The molecule has 5 heteroatoms. The number of nitrogen functional groups attached to an aromatic ring is 1. The fraction of sp³-hybridized carbons (Fsp3) is 0. The third-order valence-corrected chi connectivity index (χ3v) is 3.09. The molecule has 0 saturated heterocycles. The van der Waals surface area contributed by atoms with E-state index in [-0.39, 0.29) is 11.4 Å². The Bertz CT molecular complexity index is 815. The number of hydrogen-bond donors (Lipinski definition) is 2. The highest BCUT2D eigenvalue weighted by molar-refractivity contribution is 5.94. The molecule has 3 rings (SSSR count). The van der Waals surface area contributed by atoms with Crippen LogP contribution in [-0.2, 0) is 0 Å². The van der Waals surface area contributed by atoms with Crippen molar-refractivity contribution < 1.29 is 9.90 Å². The first-order valence-electron chi connectivity index (χ1n) is 5.99. The Labute approximate surface area is 114 Å². The predicted octanol–water partition coefficient (Wildman–Crippen LogP) is 2.58. The fourth-order valence-corrected chi connectivity index (χ4v) is 2.06. The van der Waals surface area contributed by atoms with Crippen LogP contribution < -0.4 is 5.73 Å². The van der Waals surface area contributed by atoms with Gasteiger partial charge in [-0.3, -0.25) is 4.98 Å². The number of carboxylic acids is 1. The maximum absolute atomic E-state index is 11.1. The van der Waals surface area contributed by atoms with Crippen molar-refractivity contribution in [2.24, 2.45) is 0 Å². The molecule has 1 aromatic carbocycles. The third-order valence-electron chi connectivity index (χ3n) is 3.09. The van der Waals surface area contributed by atoms with E-state index in [4.69, 9.17) is 10.8 Å². The van der Waals surface area contributed by atoms with Gasteiger partial charge in [-0.15, -0.1) is 0 Å². The summed E-state index contributed by atoms with van der Waals surface area (Å²) in [6, 6.07) is 11.1. The average molecular weight is 265 g/mol. The number of benzene rings is 1. The molecule has 0 aliphatic rings. The molecule has 0 atom stereocenters. The third kappa shape index (κ3) is 2.05. The summed E-state index contributed by atoms with van der Waals surface area (Å²) in [7, 11) is 0. The van der Waals surface area contributed by atoms with Crippen molar-refractivity contribution in [1.29, 1.82) is 0 Å². The van der Waals surface area contributed by atoms with Crippen LogP contribution in [-0.4, -0.2) is 21.0 Å². The van der Waals surface area contributed by atoms with Gasteiger partial charge in [0.25, 0.3) is 0 Å². The first-order chi connectivity index (χ1) is 9.65. The van der Waals surface area contributed by atoms with Crippen LogP contribution >= 0.6 is 0 Å². The summed E-state index contributed by atoms with van der Waals surface area (Å²) in [6.07, 6.45) is 3.30. The number of carboxylic acid groups (broad SMARTS) is 1. The summed E-state index contributed by atoms with van der Waals surface area (Å²) in [5, 5.41) is 10.1. The first-order valence-corrected chi connectivity index (χ1v) is 5.99. The van der Waals surface area contributed by atoms with Gasteiger partial charge in [0.2, 0.25) is 0 Å². The zero-order valence-electron chi connectivity index (χ0n) is 10.4. The van der Waals surface area contributed by atoms with E-state index in [0.29, 0.717) is 5.56 Å². The number of aromatic carboxylic acids is 1. The van der Waals surface area contributed by atoms with Gasteiger partial charge in [-0.2, -0.15) is 0 Å². The van der Waals surface area contributed by atoms with E-state index in [2.05, 4.69) is 9.97 Å². The zero-order chi connectivity index (χ0) is 14.1. The number of nitrogens with zero attached hydrogens (tertiary/aromatic N) is 2. The Kier molecular flexibility index (Phi) is 2.80. The molecule has 3 aromatic rings. The Hall–Kier alpha value is -2.95. The van der Waals surface area contributed by atoms with Crippen LogP contribution in [0.2, 0.25) is 0 Å². The zero-order valence-corrected chi connectivity index (χ0v) is 10.4. The molecule has 0 spiro atoms. The first kappa shape index (κ1) is 12.1. The fourth-order valence-electron chi connectivity index (χ4n) is 2.06. The quantitative estimate of drug-likeness (QED) is 0.743. The lowest BCUT2D eigenvalue weighted by Gasteiger charge is -2.06. The van der Waals surface area contributed by atoms with Crippen LogP contribution in [0.25, 0.3) is 22.0 Å². The van der Waals surface area contributed by atoms with Crippen molar-refractivity contribution in [3.8, 4) is 11.1 Å². The van der Waals surface area contributed by atoms with Crippen molar-refractivity contribution in [1.82, 2.24) is 9.97 Å². The van der Waals surface area contributed by atoms with E-state index >= 15 is 0 Å². The topological polar surface area (TPSA) is 89.1 Å². The number of anilines is 1. The monoisotopic (exact) mass is 265 g/mol. The SMILES string of the molecule is Nc1ncc(-c2ccc3ncccc3c2)cc1C(=O)O. The molecule has 0 radical (unpaired) electrons. The highest BCUT2D eigenvalue weighted by Gasteiger charge is 2.11. The summed E-state index contributed by atoms with van der Waals surface area (Å²) in [5.41, 5.74) is 8.04. The minimum absolute atomic E-state index is 0.00813. The van der Waals surface area contributed by atoms with Gasteiger partial charge in [0.05, 0.1) is 5.52 Å². The largest absolute Gasteiger partial charge is 0.478 e. The number of hydrogen-bond acceptors (Lipinski definition) is 4. The van der Waals surface area contributed by atoms with Gasteiger partial charge < -0.3 is 10.8 Å². The van der Waals surface area contributed by atoms with Gasteiger partial charge in [-0.1, -0.05) is 12.1 Å². The number of aromatic nitrogens is 2. The van der Waals surface area contributed by atoms with Crippen LogP contribution in [0.5, 0.6) is 0 Å². The summed E-state index contributed by atoms with van der Waals surface area (Å²) in [5.74, 6) is -1.07. The molecule has 0 aliphatic carbocycles. The van der Waals surface area contributed by atoms with Crippen molar-refractivity contribution >= 4 is 22.7 Å². The second-order valence-corrected chi connectivity index (χ2v) is 4.37. The van der Waals surface area contributed by atoms with Gasteiger partial charge in [0.15, 0.2) is 0 Å². The second kappa shape index (κ2) is 4.62. The van der Waals surface area contributed by atoms with Gasteiger partial charge in [0.1, 0.15) is 11.4 Å². The molecule has 5 nitrogen and oxygen atoms in total. The van der Waals surface area contributed by atoms with Crippen molar-refractivity contribution in [2.75, 3.05) is 5.73 Å². The number of fused-ring (bicyclic) bond motifs is 1. The van der Waals surface area contributed by atoms with Crippen molar-refractivity contribution in [2.45, 2.75) is 0 Å². The highest BCUT2D eigenvalue weighted by Crippen LogP contribution is 2.25. The Morgan fingerprint density at radius 1 is 1.10 bits per heavy atom. The van der Waals surface area contributed by atoms with E-state index < -0.39 is 5.97 Å². The lowest BCUT2D eigenvalue weighted by molar-refractivity contribution is 0.0697. The van der Waals surface area contributed by atoms with E-state index in [1.54, 1.807) is 12.4 Å². The number of rotatable bonds is 2. The summed E-state index contributed by atoms with van der Waals surface area (Å²) < 4.78 is 0. The molecule has 2 heterocycles. The number of carbonyl (C=O) groups is 1. The molecular formula is C15H11N3O2. The molecule has 20 heavy (non-hydrogen) atoms. The van der Waals surface area contributed by atoms with Gasteiger partial charge in [-0.05, 0) is 29.8 Å². The van der Waals surface area contributed by atoms with E-state index in [9.17, 15) is 4.79 Å². The molecule has 0 fully saturated rings. The minimum Gasteiger partial charge on any atom is -0.478 e. The Morgan fingerprint density at radius 3 is 2.75 bits per heavy atom. The minimum atomic E-state index is -1.08. The maximum atomic E-state index is 11.1. The van der Waals surface area contributed by atoms with E-state index in [0.717, 1.165) is 16.5 Å². The standard InChI is InChI=1S/C15H11N3O2/c16-14-12(15(19)20)7-11(8-18-14)9-3-4-13-10(6-9)2-1-5-17-13/h1-8H,(H2,16,18)(H,19,20). The lowest BCUT2D eigenvalue weighted by Crippen LogP contribution is -2.04. The second-order valence-electron chi connectivity index (χ2n) is 4.37. The van der Waals surface area contributed by atoms with Crippen LogP contribution in [0.3, 0.4) is 0 Å².